The van der Waals surface area contributed by atoms with Crippen molar-refractivity contribution in [1.82, 2.24) is 9.80 Å². The van der Waals surface area contributed by atoms with E-state index >= 15 is 0 Å². The Bertz CT molecular complexity index is 1140. The molecule has 1 aliphatic heterocycles. The van der Waals surface area contributed by atoms with Gasteiger partial charge in [0.15, 0.2) is 0 Å². The molecule has 184 valence electrons. The molecule has 0 aromatic heterocycles. The van der Waals surface area contributed by atoms with Crippen LogP contribution in [0.5, 0.6) is 5.75 Å². The summed E-state index contributed by atoms with van der Waals surface area (Å²) in [5, 5.41) is 1.80. The fourth-order valence-electron chi connectivity index (χ4n) is 3.83. The van der Waals surface area contributed by atoms with Gasteiger partial charge in [-0.05, 0) is 59.5 Å². The molecule has 2 atom stereocenters. The van der Waals surface area contributed by atoms with Gasteiger partial charge in [-0.2, -0.15) is 0 Å². The standard InChI is InChI=1S/C27H26Cl4N2O2/c1-34-24-10-2-19(3-11-24)12-13-32-14-15-33(18-32)27(31)26(20-4-7-22(28)8-5-20)35-17-21-6-9-23(29)16-25(21)30/h2-11,14-16,26-27H,12-13,17-18H2,1H3. The summed E-state index contributed by atoms with van der Waals surface area (Å²) in [7, 11) is 1.67. The third-order valence-corrected chi connectivity index (χ3v) is 7.18. The van der Waals surface area contributed by atoms with E-state index in [1.54, 1.807) is 19.2 Å². The SMILES string of the molecule is COc1ccc(CCN2C=CN(C(Cl)C(OCc3ccc(Cl)cc3Cl)c3ccc(Cl)cc3)C2)cc1. The number of halogens is 4. The van der Waals surface area contributed by atoms with E-state index in [1.165, 1.54) is 5.56 Å². The van der Waals surface area contributed by atoms with E-state index in [0.29, 0.717) is 28.3 Å². The Hall–Kier alpha value is -2.08. The fraction of sp³-hybridized carbons (Fsp3) is 0.259. The van der Waals surface area contributed by atoms with E-state index in [1.807, 2.05) is 48.7 Å². The van der Waals surface area contributed by atoms with Gasteiger partial charge in [-0.15, -0.1) is 0 Å². The van der Waals surface area contributed by atoms with Crippen molar-refractivity contribution in [2.45, 2.75) is 24.6 Å². The normalized spacial score (nSPS) is 14.9. The Morgan fingerprint density at radius 3 is 2.29 bits per heavy atom. The van der Waals surface area contributed by atoms with Gasteiger partial charge in [0.1, 0.15) is 17.4 Å². The molecule has 1 aliphatic rings. The molecule has 35 heavy (non-hydrogen) atoms. The first kappa shape index (κ1) is 26.0. The second kappa shape index (κ2) is 12.2. The molecule has 4 rings (SSSR count). The zero-order valence-electron chi connectivity index (χ0n) is 19.2. The Kier molecular flexibility index (Phi) is 9.10. The number of hydrogen-bond donors (Lipinski definition) is 0. The summed E-state index contributed by atoms with van der Waals surface area (Å²) in [5.41, 5.74) is 2.59. The molecule has 0 aliphatic carbocycles. The number of hydrogen-bond acceptors (Lipinski definition) is 4. The zero-order valence-corrected chi connectivity index (χ0v) is 22.2. The summed E-state index contributed by atoms with van der Waals surface area (Å²) < 4.78 is 11.6. The van der Waals surface area contributed by atoms with Gasteiger partial charge in [-0.1, -0.05) is 76.7 Å². The quantitative estimate of drug-likeness (QED) is 0.190. The predicted molar refractivity (Wildman–Crippen MR) is 144 cm³/mol. The Balaban J connectivity index is 1.41. The van der Waals surface area contributed by atoms with Crippen LogP contribution in [0.1, 0.15) is 22.8 Å². The lowest BCUT2D eigenvalue weighted by Gasteiger charge is -2.31. The van der Waals surface area contributed by atoms with Crippen LogP contribution in [-0.4, -0.2) is 35.6 Å². The Morgan fingerprint density at radius 2 is 1.60 bits per heavy atom. The maximum atomic E-state index is 7.00. The molecule has 0 saturated carbocycles. The smallest absolute Gasteiger partial charge is 0.135 e. The average Bonchev–Trinajstić information content (AvgIpc) is 3.34. The summed E-state index contributed by atoms with van der Waals surface area (Å²) in [5.74, 6) is 0.860. The second-order valence-electron chi connectivity index (χ2n) is 8.26. The number of alkyl halides is 1. The largest absolute Gasteiger partial charge is 0.497 e. The van der Waals surface area contributed by atoms with Crippen LogP contribution < -0.4 is 4.74 Å². The van der Waals surface area contributed by atoms with Crippen molar-refractivity contribution in [3.05, 3.63) is 111 Å². The second-order valence-corrected chi connectivity index (χ2v) is 9.98. The van der Waals surface area contributed by atoms with E-state index < -0.39 is 11.6 Å². The van der Waals surface area contributed by atoms with Crippen LogP contribution in [0.25, 0.3) is 0 Å². The first-order chi connectivity index (χ1) is 16.9. The van der Waals surface area contributed by atoms with Gasteiger partial charge in [0.2, 0.25) is 0 Å². The molecule has 0 bridgehead atoms. The zero-order chi connectivity index (χ0) is 24.8. The van der Waals surface area contributed by atoms with Crippen LogP contribution >= 0.6 is 46.4 Å². The number of nitrogens with zero attached hydrogens (tertiary/aromatic N) is 2. The summed E-state index contributed by atoms with van der Waals surface area (Å²) in [6.45, 7) is 1.83. The lowest BCUT2D eigenvalue weighted by atomic mass is 10.1. The van der Waals surface area contributed by atoms with Crippen LogP contribution in [-0.2, 0) is 17.8 Å². The molecule has 3 aromatic carbocycles. The van der Waals surface area contributed by atoms with Gasteiger partial charge in [-0.25, -0.2) is 0 Å². The van der Waals surface area contributed by atoms with Crippen LogP contribution in [0.4, 0.5) is 0 Å². The van der Waals surface area contributed by atoms with E-state index in [0.717, 1.165) is 29.8 Å². The van der Waals surface area contributed by atoms with Crippen molar-refractivity contribution in [1.29, 1.82) is 0 Å². The van der Waals surface area contributed by atoms with Crippen LogP contribution in [0.2, 0.25) is 15.1 Å². The minimum absolute atomic E-state index is 0.297. The van der Waals surface area contributed by atoms with Gasteiger partial charge < -0.3 is 19.3 Å². The number of benzene rings is 3. The highest BCUT2D eigenvalue weighted by Crippen LogP contribution is 2.33. The minimum atomic E-state index is -0.440. The number of ether oxygens (including phenoxy) is 2. The highest BCUT2D eigenvalue weighted by Gasteiger charge is 2.29. The maximum absolute atomic E-state index is 7.00. The highest BCUT2D eigenvalue weighted by atomic mass is 35.5. The van der Waals surface area contributed by atoms with Gasteiger partial charge in [0, 0.05) is 34.0 Å². The van der Waals surface area contributed by atoms with Crippen molar-refractivity contribution in [3.8, 4) is 5.75 Å². The molecular weight excluding hydrogens is 526 g/mol. The number of methoxy groups -OCH3 is 1. The average molecular weight is 552 g/mol. The van der Waals surface area contributed by atoms with Crippen molar-refractivity contribution < 1.29 is 9.47 Å². The van der Waals surface area contributed by atoms with Gasteiger partial charge >= 0.3 is 0 Å². The van der Waals surface area contributed by atoms with Crippen LogP contribution in [0.15, 0.2) is 79.1 Å². The van der Waals surface area contributed by atoms with Crippen molar-refractivity contribution in [2.75, 3.05) is 20.3 Å². The molecule has 0 N–H and O–H groups in total. The number of rotatable bonds is 10. The monoisotopic (exact) mass is 550 g/mol. The first-order valence-corrected chi connectivity index (χ1v) is 12.8. The molecule has 0 amide bonds. The molecule has 0 saturated heterocycles. The van der Waals surface area contributed by atoms with Gasteiger partial charge in [-0.3, -0.25) is 0 Å². The van der Waals surface area contributed by atoms with Gasteiger partial charge in [0.05, 0.1) is 20.4 Å². The first-order valence-electron chi connectivity index (χ1n) is 11.2. The Labute approximate surface area is 226 Å². The van der Waals surface area contributed by atoms with E-state index in [-0.39, 0.29) is 0 Å². The lowest BCUT2D eigenvalue weighted by molar-refractivity contribution is 0.00688. The fourth-order valence-corrected chi connectivity index (χ4v) is 4.77. The third-order valence-electron chi connectivity index (χ3n) is 5.86. The van der Waals surface area contributed by atoms with E-state index in [4.69, 9.17) is 55.9 Å². The predicted octanol–water partition coefficient (Wildman–Crippen LogP) is 7.77. The summed E-state index contributed by atoms with van der Waals surface area (Å²) >= 11 is 25.5. The van der Waals surface area contributed by atoms with Crippen LogP contribution in [0, 0.1) is 0 Å². The maximum Gasteiger partial charge on any atom is 0.135 e. The minimum Gasteiger partial charge on any atom is -0.497 e. The summed E-state index contributed by atoms with van der Waals surface area (Å²) in [6.07, 6.45) is 4.58. The van der Waals surface area contributed by atoms with E-state index in [9.17, 15) is 0 Å². The van der Waals surface area contributed by atoms with E-state index in [2.05, 4.69) is 28.1 Å². The third kappa shape index (κ3) is 6.99. The molecule has 1 heterocycles. The summed E-state index contributed by atoms with van der Waals surface area (Å²) in [6, 6.07) is 21.1. The molecule has 0 radical (unpaired) electrons. The molecule has 0 fully saturated rings. The molecular formula is C27H26Cl4N2O2. The van der Waals surface area contributed by atoms with Crippen LogP contribution in [0.3, 0.4) is 0 Å². The molecule has 3 aromatic rings. The molecule has 0 spiro atoms. The molecule has 8 heteroatoms. The van der Waals surface area contributed by atoms with Gasteiger partial charge in [0.25, 0.3) is 0 Å². The highest BCUT2D eigenvalue weighted by molar-refractivity contribution is 6.35. The van der Waals surface area contributed by atoms with Crippen molar-refractivity contribution >= 4 is 46.4 Å². The topological polar surface area (TPSA) is 24.9 Å². The lowest BCUT2D eigenvalue weighted by Crippen LogP contribution is -2.36. The Morgan fingerprint density at radius 1 is 0.886 bits per heavy atom. The molecule has 2 unspecified atom stereocenters. The summed E-state index contributed by atoms with van der Waals surface area (Å²) in [4.78, 5) is 4.30. The van der Waals surface area contributed by atoms with Crippen molar-refractivity contribution in [2.24, 2.45) is 0 Å². The molecule has 4 nitrogen and oxygen atoms in total. The van der Waals surface area contributed by atoms with Crippen molar-refractivity contribution in [3.63, 3.8) is 0 Å².